The molecule has 0 saturated carbocycles. The number of hydrogen-bond donors (Lipinski definition) is 0. The van der Waals surface area contributed by atoms with Gasteiger partial charge in [0.1, 0.15) is 17.7 Å². The molecule has 1 saturated heterocycles. The minimum Gasteiger partial charge on any atom is -0.332 e. The molecule has 10 heteroatoms. The van der Waals surface area contributed by atoms with Gasteiger partial charge in [-0.3, -0.25) is 9.00 Å². The predicted octanol–water partition coefficient (Wildman–Crippen LogP) is 3.88. The van der Waals surface area contributed by atoms with Gasteiger partial charge < -0.3 is 9.80 Å². The summed E-state index contributed by atoms with van der Waals surface area (Å²) in [6.07, 6.45) is -4.57. The summed E-state index contributed by atoms with van der Waals surface area (Å²) in [5.41, 5.74) is -0.293. The summed E-state index contributed by atoms with van der Waals surface area (Å²) in [5.74, 6) is -1.06. The molecule has 1 amide bonds. The highest BCUT2D eigenvalue weighted by molar-refractivity contribution is 7.85. The van der Waals surface area contributed by atoms with Crippen molar-refractivity contribution in [3.63, 3.8) is 0 Å². The smallest absolute Gasteiger partial charge is 0.332 e. The van der Waals surface area contributed by atoms with Gasteiger partial charge in [-0.15, -0.1) is 0 Å². The summed E-state index contributed by atoms with van der Waals surface area (Å²) in [6, 6.07) is 5.88. The fourth-order valence-corrected chi connectivity index (χ4v) is 4.80. The monoisotopic (exact) mass is 443 g/mol. The minimum atomic E-state index is -4.57. The molecule has 1 aliphatic heterocycles. The molecular weight excluding hydrogens is 422 g/mol. The number of carbonyl (C=O) groups excluding carboxylic acids is 1. The van der Waals surface area contributed by atoms with Crippen LogP contribution in [0.5, 0.6) is 0 Å². The molecule has 162 valence electrons. The average Bonchev–Trinajstić information content (AvgIpc) is 3.04. The average molecular weight is 443 g/mol. The molecule has 0 N–H and O–H groups in total. The van der Waals surface area contributed by atoms with Crippen LogP contribution in [-0.2, 0) is 21.8 Å². The number of anilines is 2. The Labute approximate surface area is 174 Å². The molecule has 0 bridgehead atoms. The Morgan fingerprint density at radius 3 is 2.43 bits per heavy atom. The number of aromatic nitrogens is 1. The van der Waals surface area contributed by atoms with Crippen LogP contribution in [0.2, 0.25) is 0 Å². The molecule has 2 aromatic rings. The summed E-state index contributed by atoms with van der Waals surface area (Å²) >= 11 is 0. The lowest BCUT2D eigenvalue weighted by atomic mass is 10.1. The number of hydrogen-bond acceptors (Lipinski definition) is 4. The maximum Gasteiger partial charge on any atom is 0.416 e. The molecule has 1 unspecified atom stereocenters. The van der Waals surface area contributed by atoms with E-state index < -0.39 is 40.3 Å². The van der Waals surface area contributed by atoms with E-state index in [-0.39, 0.29) is 29.2 Å². The van der Waals surface area contributed by atoms with Gasteiger partial charge in [-0.25, -0.2) is 9.37 Å². The third-order valence-electron chi connectivity index (χ3n) is 4.71. The lowest BCUT2D eigenvalue weighted by Crippen LogP contribution is -2.50. The SMILES string of the molecule is Cc1cc(C(F)(F)F)cc(N2CS(=O)C[C@H]2C(=O)N(c2ccc(F)cc2)C(C)C)n1. The maximum atomic E-state index is 13.4. The van der Waals surface area contributed by atoms with Crippen LogP contribution in [0.15, 0.2) is 36.4 Å². The van der Waals surface area contributed by atoms with Crippen LogP contribution < -0.4 is 9.80 Å². The normalized spacial score (nSPS) is 19.4. The Morgan fingerprint density at radius 2 is 1.87 bits per heavy atom. The number of rotatable bonds is 4. The van der Waals surface area contributed by atoms with E-state index in [0.29, 0.717) is 5.69 Å². The lowest BCUT2D eigenvalue weighted by molar-refractivity contribution is -0.137. The highest BCUT2D eigenvalue weighted by Crippen LogP contribution is 2.33. The first kappa shape index (κ1) is 22.2. The zero-order chi connectivity index (χ0) is 22.2. The zero-order valence-electron chi connectivity index (χ0n) is 16.6. The molecule has 3 rings (SSSR count). The fourth-order valence-electron chi connectivity index (χ4n) is 3.40. The molecule has 2 atom stereocenters. The number of benzene rings is 1. The van der Waals surface area contributed by atoms with E-state index in [1.165, 1.54) is 41.0 Å². The van der Waals surface area contributed by atoms with Crippen molar-refractivity contribution in [3.8, 4) is 0 Å². The first-order valence-corrected chi connectivity index (χ1v) is 10.7. The summed E-state index contributed by atoms with van der Waals surface area (Å²) in [5, 5.41) is 0. The van der Waals surface area contributed by atoms with Gasteiger partial charge in [-0.05, 0) is 57.2 Å². The van der Waals surface area contributed by atoms with Gasteiger partial charge in [-0.2, -0.15) is 13.2 Å². The van der Waals surface area contributed by atoms with Gasteiger partial charge >= 0.3 is 6.18 Å². The van der Waals surface area contributed by atoms with Gasteiger partial charge in [0.15, 0.2) is 0 Å². The third kappa shape index (κ3) is 4.63. The van der Waals surface area contributed by atoms with Crippen molar-refractivity contribution < 1.29 is 26.6 Å². The highest BCUT2D eigenvalue weighted by Gasteiger charge is 2.40. The van der Waals surface area contributed by atoms with Crippen molar-refractivity contribution in [2.45, 2.75) is 39.0 Å². The van der Waals surface area contributed by atoms with E-state index in [1.807, 2.05) is 0 Å². The van der Waals surface area contributed by atoms with Crippen LogP contribution >= 0.6 is 0 Å². The number of amides is 1. The first-order chi connectivity index (χ1) is 14.0. The van der Waals surface area contributed by atoms with E-state index in [4.69, 9.17) is 0 Å². The molecule has 0 aliphatic carbocycles. The first-order valence-electron chi connectivity index (χ1n) is 9.23. The number of aryl methyl sites for hydroxylation is 1. The van der Waals surface area contributed by atoms with E-state index in [1.54, 1.807) is 13.8 Å². The molecule has 1 fully saturated rings. The molecule has 1 aliphatic rings. The molecule has 1 aromatic carbocycles. The maximum absolute atomic E-state index is 13.4. The second-order valence-corrected chi connectivity index (χ2v) is 8.82. The van der Waals surface area contributed by atoms with E-state index in [0.717, 1.165) is 12.1 Å². The van der Waals surface area contributed by atoms with Crippen LogP contribution in [0.1, 0.15) is 25.1 Å². The van der Waals surface area contributed by atoms with E-state index in [9.17, 15) is 26.6 Å². The predicted molar refractivity (Wildman–Crippen MR) is 107 cm³/mol. The van der Waals surface area contributed by atoms with Crippen molar-refractivity contribution in [1.82, 2.24) is 4.98 Å². The van der Waals surface area contributed by atoms with Crippen LogP contribution in [0.4, 0.5) is 29.1 Å². The van der Waals surface area contributed by atoms with Crippen LogP contribution in [0.25, 0.3) is 0 Å². The highest BCUT2D eigenvalue weighted by atomic mass is 32.2. The van der Waals surface area contributed by atoms with Gasteiger partial charge in [0, 0.05) is 28.2 Å². The summed E-state index contributed by atoms with van der Waals surface area (Å²) in [6.45, 7) is 4.97. The third-order valence-corrected chi connectivity index (χ3v) is 5.96. The van der Waals surface area contributed by atoms with Crippen molar-refractivity contribution in [2.24, 2.45) is 0 Å². The Bertz CT molecular complexity index is 964. The largest absolute Gasteiger partial charge is 0.416 e. The van der Waals surface area contributed by atoms with Gasteiger partial charge in [-0.1, -0.05) is 0 Å². The van der Waals surface area contributed by atoms with Gasteiger partial charge in [0.05, 0.1) is 17.2 Å². The van der Waals surface area contributed by atoms with Crippen molar-refractivity contribution in [2.75, 3.05) is 21.4 Å². The quantitative estimate of drug-likeness (QED) is 0.673. The van der Waals surface area contributed by atoms with Crippen molar-refractivity contribution in [1.29, 1.82) is 0 Å². The van der Waals surface area contributed by atoms with Gasteiger partial charge in [0.25, 0.3) is 5.91 Å². The topological polar surface area (TPSA) is 53.5 Å². The summed E-state index contributed by atoms with van der Waals surface area (Å²) in [4.78, 5) is 20.3. The lowest BCUT2D eigenvalue weighted by Gasteiger charge is -2.33. The Morgan fingerprint density at radius 1 is 1.23 bits per heavy atom. The number of alkyl halides is 3. The number of carbonyl (C=O) groups is 1. The van der Waals surface area contributed by atoms with Gasteiger partial charge in [0.2, 0.25) is 0 Å². The zero-order valence-corrected chi connectivity index (χ0v) is 17.4. The number of pyridine rings is 1. The fraction of sp³-hybridized carbons (Fsp3) is 0.400. The summed E-state index contributed by atoms with van der Waals surface area (Å²) in [7, 11) is -1.43. The standard InChI is InChI=1S/C20H21F4N3O2S/c1-12(2)27(16-6-4-15(21)5-7-16)19(28)17-10-30(29)11-26(17)18-9-14(20(22,23)24)8-13(3)25-18/h4-9,12,17H,10-11H2,1-3H3/t17-,30?/m0/s1. The molecular formula is C20H21F4N3O2S. The second-order valence-electron chi connectivity index (χ2n) is 7.35. The molecule has 0 radical (unpaired) electrons. The number of nitrogens with zero attached hydrogens (tertiary/aromatic N) is 3. The Balaban J connectivity index is 1.99. The van der Waals surface area contributed by atoms with Crippen LogP contribution in [-0.4, -0.2) is 38.8 Å². The van der Waals surface area contributed by atoms with Crippen LogP contribution in [0.3, 0.4) is 0 Å². The summed E-state index contributed by atoms with van der Waals surface area (Å²) < 4.78 is 65.3. The molecule has 2 heterocycles. The van der Waals surface area contributed by atoms with E-state index in [2.05, 4.69) is 4.98 Å². The molecule has 5 nitrogen and oxygen atoms in total. The van der Waals surface area contributed by atoms with Crippen LogP contribution in [0, 0.1) is 12.7 Å². The number of halogens is 4. The minimum absolute atomic E-state index is 0.0276. The molecule has 30 heavy (non-hydrogen) atoms. The molecule has 0 spiro atoms. The Kier molecular flexibility index (Phi) is 6.16. The van der Waals surface area contributed by atoms with E-state index >= 15 is 0 Å². The molecule has 1 aromatic heterocycles. The van der Waals surface area contributed by atoms with Crippen molar-refractivity contribution >= 4 is 28.2 Å². The van der Waals surface area contributed by atoms with Crippen molar-refractivity contribution in [3.05, 3.63) is 53.5 Å². The Hall–Kier alpha value is -2.49. The second kappa shape index (κ2) is 8.33.